The van der Waals surface area contributed by atoms with Gasteiger partial charge in [0.1, 0.15) is 6.54 Å². The van der Waals surface area contributed by atoms with Crippen LogP contribution in [0.25, 0.3) is 11.0 Å². The smallest absolute Gasteiger partial charge is 0.329 e. The molecule has 27 heavy (non-hydrogen) atoms. The lowest BCUT2D eigenvalue weighted by molar-refractivity contribution is -0.133. The SMILES string of the molecule is CCn1c(=O)n(CC(=O)N2CCCC(c3nc(C)no3)C2)c2ccccc21. The van der Waals surface area contributed by atoms with Crippen LogP contribution in [0.15, 0.2) is 33.6 Å². The fourth-order valence-electron chi connectivity index (χ4n) is 3.85. The number of likely N-dealkylation sites (tertiary alicyclic amines) is 1. The van der Waals surface area contributed by atoms with E-state index in [1.807, 2.05) is 31.2 Å². The third-order valence-corrected chi connectivity index (χ3v) is 5.20. The zero-order valence-electron chi connectivity index (χ0n) is 15.6. The molecule has 1 atom stereocenters. The Morgan fingerprint density at radius 2 is 2.00 bits per heavy atom. The summed E-state index contributed by atoms with van der Waals surface area (Å²) >= 11 is 0. The van der Waals surface area contributed by atoms with Gasteiger partial charge in [-0.1, -0.05) is 17.3 Å². The van der Waals surface area contributed by atoms with Crippen molar-refractivity contribution in [1.82, 2.24) is 24.2 Å². The van der Waals surface area contributed by atoms with Crippen LogP contribution in [0.4, 0.5) is 0 Å². The summed E-state index contributed by atoms with van der Waals surface area (Å²) in [6.07, 6.45) is 1.80. The molecule has 3 aromatic rings. The number of carbonyl (C=O) groups is 1. The minimum Gasteiger partial charge on any atom is -0.340 e. The number of nitrogens with zero attached hydrogens (tertiary/aromatic N) is 5. The average molecular weight is 369 g/mol. The predicted molar refractivity (Wildman–Crippen MR) is 99.5 cm³/mol. The van der Waals surface area contributed by atoms with E-state index in [1.54, 1.807) is 21.0 Å². The summed E-state index contributed by atoms with van der Waals surface area (Å²) in [7, 11) is 0. The van der Waals surface area contributed by atoms with Crippen LogP contribution in [0.5, 0.6) is 0 Å². The number of rotatable bonds is 4. The van der Waals surface area contributed by atoms with Gasteiger partial charge in [0.05, 0.1) is 17.0 Å². The third kappa shape index (κ3) is 3.15. The Kier molecular flexibility index (Phi) is 4.55. The van der Waals surface area contributed by atoms with Crippen LogP contribution in [-0.2, 0) is 17.9 Å². The first-order valence-corrected chi connectivity index (χ1v) is 9.34. The van der Waals surface area contributed by atoms with Crippen LogP contribution in [0.1, 0.15) is 37.4 Å². The van der Waals surface area contributed by atoms with Crippen molar-refractivity contribution < 1.29 is 9.32 Å². The van der Waals surface area contributed by atoms with Crippen molar-refractivity contribution in [1.29, 1.82) is 0 Å². The Balaban J connectivity index is 1.57. The maximum atomic E-state index is 12.9. The summed E-state index contributed by atoms with van der Waals surface area (Å²) in [6.45, 7) is 5.56. The lowest BCUT2D eigenvalue weighted by atomic mass is 9.98. The Labute approximate surface area is 156 Å². The second-order valence-corrected chi connectivity index (χ2v) is 6.96. The number of para-hydroxylation sites is 2. The second kappa shape index (κ2) is 7.02. The molecule has 8 nitrogen and oxygen atoms in total. The maximum Gasteiger partial charge on any atom is 0.329 e. The van der Waals surface area contributed by atoms with Gasteiger partial charge in [0.15, 0.2) is 5.82 Å². The fourth-order valence-corrected chi connectivity index (χ4v) is 3.85. The summed E-state index contributed by atoms with van der Waals surface area (Å²) in [4.78, 5) is 31.8. The van der Waals surface area contributed by atoms with E-state index < -0.39 is 0 Å². The highest BCUT2D eigenvalue weighted by atomic mass is 16.5. The van der Waals surface area contributed by atoms with Crippen molar-refractivity contribution in [3.8, 4) is 0 Å². The molecule has 1 amide bonds. The van der Waals surface area contributed by atoms with Gasteiger partial charge < -0.3 is 9.42 Å². The molecule has 8 heteroatoms. The van der Waals surface area contributed by atoms with Crippen molar-refractivity contribution >= 4 is 16.9 Å². The minimum atomic E-state index is -0.145. The molecular weight excluding hydrogens is 346 g/mol. The van der Waals surface area contributed by atoms with Crippen molar-refractivity contribution in [2.24, 2.45) is 0 Å². The average Bonchev–Trinajstić information content (AvgIpc) is 3.23. The maximum absolute atomic E-state index is 12.9. The number of aromatic nitrogens is 4. The topological polar surface area (TPSA) is 86.2 Å². The molecule has 3 heterocycles. The zero-order valence-corrected chi connectivity index (χ0v) is 15.6. The van der Waals surface area contributed by atoms with Gasteiger partial charge in [0, 0.05) is 19.6 Å². The van der Waals surface area contributed by atoms with Gasteiger partial charge in [-0.25, -0.2) is 4.79 Å². The van der Waals surface area contributed by atoms with Crippen LogP contribution in [0.2, 0.25) is 0 Å². The van der Waals surface area contributed by atoms with Crippen molar-refractivity contribution in [3.63, 3.8) is 0 Å². The first kappa shape index (κ1) is 17.5. The lowest BCUT2D eigenvalue weighted by Gasteiger charge is -2.31. The van der Waals surface area contributed by atoms with Gasteiger partial charge in [0.25, 0.3) is 0 Å². The number of hydrogen-bond donors (Lipinski definition) is 0. The molecule has 1 aromatic carbocycles. The van der Waals surface area contributed by atoms with Gasteiger partial charge in [-0.15, -0.1) is 0 Å². The molecule has 0 N–H and O–H groups in total. The van der Waals surface area contributed by atoms with Crippen LogP contribution in [0.3, 0.4) is 0 Å². The van der Waals surface area contributed by atoms with E-state index >= 15 is 0 Å². The van der Waals surface area contributed by atoms with Crippen LogP contribution in [-0.4, -0.2) is 43.2 Å². The molecule has 0 radical (unpaired) electrons. The molecular formula is C19H23N5O3. The number of carbonyl (C=O) groups excluding carboxylic acids is 1. The first-order chi connectivity index (χ1) is 13.1. The predicted octanol–water partition coefficient (Wildman–Crippen LogP) is 1.92. The van der Waals surface area contributed by atoms with Gasteiger partial charge in [0.2, 0.25) is 11.8 Å². The van der Waals surface area contributed by atoms with Gasteiger partial charge >= 0.3 is 5.69 Å². The van der Waals surface area contributed by atoms with Crippen molar-refractivity contribution in [2.45, 2.75) is 45.7 Å². The molecule has 2 aromatic heterocycles. The summed E-state index contributed by atoms with van der Waals surface area (Å²) in [6, 6.07) is 7.59. The van der Waals surface area contributed by atoms with Crippen LogP contribution >= 0.6 is 0 Å². The van der Waals surface area contributed by atoms with E-state index in [2.05, 4.69) is 10.1 Å². The van der Waals surface area contributed by atoms with E-state index in [0.29, 0.717) is 31.3 Å². The van der Waals surface area contributed by atoms with Crippen molar-refractivity contribution in [3.05, 3.63) is 46.5 Å². The Hall–Kier alpha value is -2.90. The van der Waals surface area contributed by atoms with E-state index in [4.69, 9.17) is 4.52 Å². The largest absolute Gasteiger partial charge is 0.340 e. The molecule has 1 aliphatic heterocycles. The molecule has 1 fully saturated rings. The van der Waals surface area contributed by atoms with Crippen LogP contribution < -0.4 is 5.69 Å². The summed E-state index contributed by atoms with van der Waals surface area (Å²) in [5.41, 5.74) is 1.50. The van der Waals surface area contributed by atoms with Gasteiger partial charge in [-0.2, -0.15) is 4.98 Å². The molecule has 142 valence electrons. The van der Waals surface area contributed by atoms with Gasteiger partial charge in [-0.05, 0) is 38.8 Å². The number of imidazole rings is 1. The van der Waals surface area contributed by atoms with E-state index in [-0.39, 0.29) is 24.1 Å². The zero-order chi connectivity index (χ0) is 19.0. The van der Waals surface area contributed by atoms with Gasteiger partial charge in [-0.3, -0.25) is 13.9 Å². The molecule has 0 bridgehead atoms. The Morgan fingerprint density at radius 3 is 2.67 bits per heavy atom. The first-order valence-electron chi connectivity index (χ1n) is 9.34. The molecule has 0 aliphatic carbocycles. The lowest BCUT2D eigenvalue weighted by Crippen LogP contribution is -2.42. The number of aryl methyl sites for hydroxylation is 2. The highest BCUT2D eigenvalue weighted by Crippen LogP contribution is 2.26. The summed E-state index contributed by atoms with van der Waals surface area (Å²) < 4.78 is 8.56. The normalized spacial score (nSPS) is 17.6. The second-order valence-electron chi connectivity index (χ2n) is 6.96. The number of piperidine rings is 1. The van der Waals surface area contributed by atoms with E-state index in [1.165, 1.54) is 0 Å². The molecule has 1 unspecified atom stereocenters. The van der Waals surface area contributed by atoms with E-state index in [9.17, 15) is 9.59 Å². The quantitative estimate of drug-likeness (QED) is 0.701. The summed E-state index contributed by atoms with van der Waals surface area (Å²) in [5.74, 6) is 1.19. The standard InChI is InChI=1S/C19H23N5O3/c1-3-23-15-8-4-5-9-16(15)24(19(23)26)12-17(25)22-10-6-7-14(11-22)18-20-13(2)21-27-18/h4-5,8-9,14H,3,6-7,10-12H2,1-2H3. The molecule has 1 aliphatic rings. The Morgan fingerprint density at radius 1 is 1.26 bits per heavy atom. The highest BCUT2D eigenvalue weighted by Gasteiger charge is 2.29. The van der Waals surface area contributed by atoms with E-state index in [0.717, 1.165) is 23.9 Å². The molecule has 0 saturated carbocycles. The fraction of sp³-hybridized carbons (Fsp3) is 0.474. The highest BCUT2D eigenvalue weighted by molar-refractivity contribution is 5.81. The number of hydrogen-bond acceptors (Lipinski definition) is 5. The monoisotopic (exact) mass is 369 g/mol. The summed E-state index contributed by atoms with van der Waals surface area (Å²) in [5, 5.41) is 3.85. The van der Waals surface area contributed by atoms with Crippen LogP contribution in [0, 0.1) is 6.92 Å². The third-order valence-electron chi connectivity index (χ3n) is 5.20. The number of fused-ring (bicyclic) bond motifs is 1. The Bertz CT molecular complexity index is 1030. The van der Waals surface area contributed by atoms with Crippen molar-refractivity contribution in [2.75, 3.05) is 13.1 Å². The minimum absolute atomic E-state index is 0.0436. The molecule has 1 saturated heterocycles. The molecule has 0 spiro atoms. The molecule has 4 rings (SSSR count). The number of amides is 1. The number of benzene rings is 1.